The summed E-state index contributed by atoms with van der Waals surface area (Å²) in [7, 11) is 1.57. The highest BCUT2D eigenvalue weighted by molar-refractivity contribution is 5.89. The van der Waals surface area contributed by atoms with E-state index in [0.717, 1.165) is 16.7 Å². The summed E-state index contributed by atoms with van der Waals surface area (Å²) in [5, 5.41) is 3.44. The van der Waals surface area contributed by atoms with E-state index in [1.165, 1.54) is 0 Å². The van der Waals surface area contributed by atoms with Crippen molar-refractivity contribution in [2.75, 3.05) is 26.9 Å². The number of hydrogen-bond acceptors (Lipinski definition) is 5. The molecule has 0 aliphatic heterocycles. The highest BCUT2D eigenvalue weighted by Gasteiger charge is 2.17. The van der Waals surface area contributed by atoms with Gasteiger partial charge in [0.2, 0.25) is 0 Å². The Morgan fingerprint density at radius 3 is 2.62 bits per heavy atom. The van der Waals surface area contributed by atoms with Crippen LogP contribution in [0.3, 0.4) is 0 Å². The molecule has 0 fully saturated rings. The third kappa shape index (κ3) is 5.03. The molecule has 3 aromatic rings. The third-order valence-electron chi connectivity index (χ3n) is 4.70. The Bertz CT molecular complexity index is 1060. The zero-order valence-electron chi connectivity index (χ0n) is 16.9. The fraction of sp³-hybridized carbons (Fsp3) is 0.304. The lowest BCUT2D eigenvalue weighted by atomic mass is 9.98. The average Bonchev–Trinajstić information content (AvgIpc) is 2.70. The van der Waals surface area contributed by atoms with Gasteiger partial charge in [-0.15, -0.1) is 0 Å². The van der Waals surface area contributed by atoms with E-state index in [2.05, 4.69) is 5.32 Å². The summed E-state index contributed by atoms with van der Waals surface area (Å²) >= 11 is 0. The topological polar surface area (TPSA) is 77.8 Å². The average molecular weight is 395 g/mol. The molecule has 0 aliphatic rings. The molecule has 1 heterocycles. The van der Waals surface area contributed by atoms with Crippen molar-refractivity contribution in [3.8, 4) is 5.75 Å². The number of aryl methyl sites for hydroxylation is 2. The first-order chi connectivity index (χ1) is 14.0. The monoisotopic (exact) mass is 395 g/mol. The lowest BCUT2D eigenvalue weighted by Crippen LogP contribution is -2.31. The van der Waals surface area contributed by atoms with Gasteiger partial charge in [-0.05, 0) is 42.7 Å². The van der Waals surface area contributed by atoms with Gasteiger partial charge in [-0.3, -0.25) is 4.79 Å². The van der Waals surface area contributed by atoms with Gasteiger partial charge in [0.05, 0.1) is 12.0 Å². The van der Waals surface area contributed by atoms with Crippen molar-refractivity contribution >= 4 is 16.9 Å². The number of fused-ring (bicyclic) bond motifs is 1. The molecule has 0 spiro atoms. The predicted molar refractivity (Wildman–Crippen MR) is 112 cm³/mol. The lowest BCUT2D eigenvalue weighted by molar-refractivity contribution is -0.123. The lowest BCUT2D eigenvalue weighted by Gasteiger charge is -2.14. The van der Waals surface area contributed by atoms with Crippen LogP contribution in [-0.2, 0) is 16.0 Å². The van der Waals surface area contributed by atoms with E-state index in [1.54, 1.807) is 7.11 Å². The summed E-state index contributed by atoms with van der Waals surface area (Å²) in [6.07, 6.45) is 0.468. The Morgan fingerprint density at radius 1 is 1.14 bits per heavy atom. The second-order valence-electron chi connectivity index (χ2n) is 6.92. The summed E-state index contributed by atoms with van der Waals surface area (Å²) in [4.78, 5) is 24.6. The van der Waals surface area contributed by atoms with Gasteiger partial charge >= 0.3 is 5.63 Å². The molecule has 0 saturated carbocycles. The molecule has 0 bridgehead atoms. The number of ether oxygens (including phenoxy) is 2. The number of methoxy groups -OCH3 is 1. The smallest absolute Gasteiger partial charge is 0.340 e. The maximum absolute atomic E-state index is 12.6. The van der Waals surface area contributed by atoms with E-state index < -0.39 is 0 Å². The van der Waals surface area contributed by atoms with Gasteiger partial charge in [0.15, 0.2) is 6.61 Å². The summed E-state index contributed by atoms with van der Waals surface area (Å²) in [6, 6.07) is 13.4. The van der Waals surface area contributed by atoms with Crippen LogP contribution in [0.25, 0.3) is 11.0 Å². The van der Waals surface area contributed by atoms with Gasteiger partial charge in [0, 0.05) is 25.6 Å². The molecule has 6 heteroatoms. The molecule has 29 heavy (non-hydrogen) atoms. The Hall–Kier alpha value is -3.12. The molecule has 0 radical (unpaired) electrons. The Balaban J connectivity index is 1.94. The molecule has 1 aromatic heterocycles. The van der Waals surface area contributed by atoms with E-state index in [9.17, 15) is 9.59 Å². The third-order valence-corrected chi connectivity index (χ3v) is 4.70. The van der Waals surface area contributed by atoms with Crippen LogP contribution in [0.5, 0.6) is 5.75 Å². The van der Waals surface area contributed by atoms with Crippen LogP contribution in [-0.4, -0.2) is 32.8 Å². The van der Waals surface area contributed by atoms with Gasteiger partial charge in [-0.1, -0.05) is 30.3 Å². The number of nitrogens with one attached hydrogen (secondary N) is 1. The fourth-order valence-electron chi connectivity index (χ4n) is 3.24. The predicted octanol–water partition coefficient (Wildman–Crippen LogP) is 3.14. The molecule has 0 aliphatic carbocycles. The zero-order valence-corrected chi connectivity index (χ0v) is 16.9. The van der Waals surface area contributed by atoms with Crippen LogP contribution < -0.4 is 15.7 Å². The van der Waals surface area contributed by atoms with Crippen molar-refractivity contribution in [1.82, 2.24) is 5.32 Å². The first-order valence-electron chi connectivity index (χ1n) is 9.49. The van der Waals surface area contributed by atoms with Crippen molar-refractivity contribution in [3.05, 3.63) is 75.1 Å². The molecule has 1 N–H and O–H groups in total. The number of hydrogen-bond donors (Lipinski definition) is 1. The van der Waals surface area contributed by atoms with E-state index in [-0.39, 0.29) is 18.1 Å². The van der Waals surface area contributed by atoms with Crippen LogP contribution in [0.2, 0.25) is 0 Å². The highest BCUT2D eigenvalue weighted by Crippen LogP contribution is 2.31. The number of amides is 1. The molecule has 1 amide bonds. The van der Waals surface area contributed by atoms with Crippen LogP contribution in [0.15, 0.2) is 51.7 Å². The van der Waals surface area contributed by atoms with Gasteiger partial charge in [-0.2, -0.15) is 0 Å². The number of benzene rings is 2. The van der Waals surface area contributed by atoms with E-state index >= 15 is 0 Å². The Kier molecular flexibility index (Phi) is 6.67. The van der Waals surface area contributed by atoms with E-state index in [1.807, 2.05) is 56.3 Å². The quantitative estimate of drug-likeness (QED) is 0.468. The maximum atomic E-state index is 12.6. The van der Waals surface area contributed by atoms with Gasteiger partial charge in [-0.25, -0.2) is 4.79 Å². The van der Waals surface area contributed by atoms with Crippen molar-refractivity contribution < 1.29 is 18.7 Å². The molecular weight excluding hydrogens is 370 g/mol. The summed E-state index contributed by atoms with van der Waals surface area (Å²) < 4.78 is 16.3. The van der Waals surface area contributed by atoms with Gasteiger partial charge < -0.3 is 19.2 Å². The minimum atomic E-state index is -0.354. The highest BCUT2D eigenvalue weighted by atomic mass is 16.5. The molecule has 2 aromatic carbocycles. The largest absolute Gasteiger partial charge is 0.483 e. The van der Waals surface area contributed by atoms with E-state index in [0.29, 0.717) is 41.9 Å². The van der Waals surface area contributed by atoms with Crippen molar-refractivity contribution in [1.29, 1.82) is 0 Å². The van der Waals surface area contributed by atoms with Crippen molar-refractivity contribution in [2.24, 2.45) is 0 Å². The number of carbonyl (C=O) groups is 1. The van der Waals surface area contributed by atoms with Crippen molar-refractivity contribution in [2.45, 2.75) is 20.3 Å². The standard InChI is InChI=1S/C23H25NO5/c1-15-11-19(28-14-21(25)24-9-10-27-3)22-16(2)18(23(26)29-20(22)12-15)13-17-7-5-4-6-8-17/h4-8,11-12H,9-10,13-14H2,1-3H3,(H,24,25). The van der Waals surface area contributed by atoms with Crippen LogP contribution >= 0.6 is 0 Å². The van der Waals surface area contributed by atoms with E-state index in [4.69, 9.17) is 13.9 Å². The summed E-state index contributed by atoms with van der Waals surface area (Å²) in [5.74, 6) is 0.286. The normalized spacial score (nSPS) is 10.9. The summed E-state index contributed by atoms with van der Waals surface area (Å²) in [6.45, 7) is 4.50. The van der Waals surface area contributed by atoms with Gasteiger partial charge in [0.1, 0.15) is 11.3 Å². The molecule has 0 saturated heterocycles. The van der Waals surface area contributed by atoms with Crippen LogP contribution in [0.1, 0.15) is 22.3 Å². The zero-order chi connectivity index (χ0) is 20.8. The molecule has 0 unspecified atom stereocenters. The van der Waals surface area contributed by atoms with Gasteiger partial charge in [0.25, 0.3) is 5.91 Å². The second kappa shape index (κ2) is 9.39. The number of rotatable bonds is 8. The first-order valence-corrected chi connectivity index (χ1v) is 9.49. The minimum Gasteiger partial charge on any atom is -0.483 e. The first kappa shape index (κ1) is 20.6. The maximum Gasteiger partial charge on any atom is 0.340 e. The molecule has 3 rings (SSSR count). The summed E-state index contributed by atoms with van der Waals surface area (Å²) in [5.41, 5.74) is 3.39. The molecular formula is C23H25NO5. The van der Waals surface area contributed by atoms with Crippen molar-refractivity contribution in [3.63, 3.8) is 0 Å². The Morgan fingerprint density at radius 2 is 1.90 bits per heavy atom. The molecule has 6 nitrogen and oxygen atoms in total. The Labute approximate surface area is 169 Å². The second-order valence-corrected chi connectivity index (χ2v) is 6.92. The van der Waals surface area contributed by atoms with Crippen LogP contribution in [0, 0.1) is 13.8 Å². The van der Waals surface area contributed by atoms with Crippen LogP contribution in [0.4, 0.5) is 0 Å². The minimum absolute atomic E-state index is 0.130. The SMILES string of the molecule is COCCNC(=O)COc1cc(C)cc2oc(=O)c(Cc3ccccc3)c(C)c12. The number of carbonyl (C=O) groups excluding carboxylic acids is 1. The fourth-order valence-corrected chi connectivity index (χ4v) is 3.24. The molecule has 152 valence electrons. The molecule has 0 atom stereocenters.